The average Bonchev–Trinajstić information content (AvgIpc) is 1.80. The summed E-state index contributed by atoms with van der Waals surface area (Å²) in [6.45, 7) is -0.0593. The van der Waals surface area contributed by atoms with Gasteiger partial charge in [0.1, 0.15) is 0 Å². The summed E-state index contributed by atoms with van der Waals surface area (Å²) in [7, 11) is 0. The number of rotatable bonds is 2. The van der Waals surface area contributed by atoms with Gasteiger partial charge >= 0.3 is 0 Å². The van der Waals surface area contributed by atoms with Gasteiger partial charge in [0.2, 0.25) is 6.43 Å². The summed E-state index contributed by atoms with van der Waals surface area (Å²) in [5.74, 6) is 4.61. The van der Waals surface area contributed by atoms with Crippen molar-refractivity contribution in [2.45, 2.75) is 19.3 Å². The zero-order valence-corrected chi connectivity index (χ0v) is 4.90. The molecule has 1 nitrogen and oxygen atoms in total. The predicted molar refractivity (Wildman–Crippen MR) is 30.1 cm³/mol. The van der Waals surface area contributed by atoms with Crippen LogP contribution in [0.1, 0.15) is 12.8 Å². The van der Waals surface area contributed by atoms with Crippen LogP contribution in [0.2, 0.25) is 0 Å². The molecule has 0 atom stereocenters. The molecular weight excluding hydrogens is 126 g/mol. The molecule has 0 unspecified atom stereocenters. The first-order valence-electron chi connectivity index (χ1n) is 2.62. The predicted octanol–water partition coefficient (Wildman–Crippen LogP) is 1.03. The van der Waals surface area contributed by atoms with E-state index in [1.807, 2.05) is 0 Å². The van der Waals surface area contributed by atoms with Crippen LogP contribution in [0.4, 0.5) is 8.78 Å². The van der Waals surface area contributed by atoms with Gasteiger partial charge in [0.15, 0.2) is 0 Å². The lowest BCUT2D eigenvalue weighted by molar-refractivity contribution is 0.155. The van der Waals surface area contributed by atoms with Crippen LogP contribution >= 0.6 is 0 Å². The third-order valence-electron chi connectivity index (χ3n) is 0.618. The topological polar surface area (TPSA) is 20.2 Å². The molecular formula is C6H8F2O. The van der Waals surface area contributed by atoms with Crippen LogP contribution < -0.4 is 0 Å². The molecule has 0 aromatic heterocycles. The van der Waals surface area contributed by atoms with Crippen molar-refractivity contribution in [3.05, 3.63) is 0 Å². The summed E-state index contributed by atoms with van der Waals surface area (Å²) in [5, 5.41) is 8.14. The first-order chi connectivity index (χ1) is 4.27. The van der Waals surface area contributed by atoms with Gasteiger partial charge in [-0.15, -0.1) is 5.92 Å². The molecule has 0 saturated carbocycles. The maximum atomic E-state index is 11.3. The molecule has 0 radical (unpaired) electrons. The maximum Gasteiger partial charge on any atom is 0.249 e. The SMILES string of the molecule is OCCC#CCC(F)F. The largest absolute Gasteiger partial charge is 0.395 e. The van der Waals surface area contributed by atoms with Gasteiger partial charge in [-0.05, 0) is 0 Å². The van der Waals surface area contributed by atoms with Crippen molar-refractivity contribution < 1.29 is 13.9 Å². The molecule has 0 aliphatic heterocycles. The standard InChI is InChI=1S/C6H8F2O/c7-6(8)4-2-1-3-5-9/h6,9H,3-5H2. The molecule has 0 aromatic carbocycles. The van der Waals surface area contributed by atoms with Gasteiger partial charge in [-0.1, -0.05) is 5.92 Å². The number of aliphatic hydroxyl groups is 1. The minimum Gasteiger partial charge on any atom is -0.395 e. The Morgan fingerprint density at radius 1 is 1.33 bits per heavy atom. The van der Waals surface area contributed by atoms with Gasteiger partial charge < -0.3 is 5.11 Å². The third-order valence-corrected chi connectivity index (χ3v) is 0.618. The highest BCUT2D eigenvalue weighted by Gasteiger charge is 1.95. The molecule has 0 saturated heterocycles. The molecule has 0 aromatic rings. The molecule has 0 fully saturated rings. The van der Waals surface area contributed by atoms with E-state index in [-0.39, 0.29) is 19.4 Å². The molecule has 0 aliphatic rings. The molecule has 3 heteroatoms. The summed E-state index contributed by atoms with van der Waals surface area (Å²) >= 11 is 0. The highest BCUT2D eigenvalue weighted by Crippen LogP contribution is 1.95. The van der Waals surface area contributed by atoms with E-state index in [0.29, 0.717) is 0 Å². The Morgan fingerprint density at radius 3 is 2.44 bits per heavy atom. The van der Waals surface area contributed by atoms with Crippen molar-refractivity contribution in [2.75, 3.05) is 6.61 Å². The lowest BCUT2D eigenvalue weighted by atomic mass is 10.4. The monoisotopic (exact) mass is 134 g/mol. The summed E-state index contributed by atoms with van der Waals surface area (Å²) in [6.07, 6.45) is -2.46. The Labute approximate surface area is 52.7 Å². The zero-order valence-electron chi connectivity index (χ0n) is 4.90. The van der Waals surface area contributed by atoms with E-state index in [1.54, 1.807) is 0 Å². The molecule has 52 valence electrons. The van der Waals surface area contributed by atoms with Crippen LogP contribution in [0, 0.1) is 11.8 Å². The lowest BCUT2D eigenvalue weighted by Crippen LogP contribution is -1.85. The average molecular weight is 134 g/mol. The second-order valence-electron chi connectivity index (χ2n) is 1.42. The van der Waals surface area contributed by atoms with Crippen LogP contribution in [-0.2, 0) is 0 Å². The molecule has 0 spiro atoms. The smallest absolute Gasteiger partial charge is 0.249 e. The molecule has 9 heavy (non-hydrogen) atoms. The van der Waals surface area contributed by atoms with Crippen LogP contribution in [0.3, 0.4) is 0 Å². The Kier molecular flexibility index (Phi) is 5.14. The fourth-order valence-electron chi connectivity index (χ4n) is 0.294. The number of alkyl halides is 2. The number of aliphatic hydroxyl groups excluding tert-OH is 1. The molecule has 0 bridgehead atoms. The number of hydrogen-bond acceptors (Lipinski definition) is 1. The highest BCUT2D eigenvalue weighted by molar-refractivity contribution is 4.98. The van der Waals surface area contributed by atoms with Gasteiger partial charge in [-0.2, -0.15) is 0 Å². The van der Waals surface area contributed by atoms with Crippen molar-refractivity contribution in [2.24, 2.45) is 0 Å². The Bertz CT molecular complexity index is 112. The Morgan fingerprint density at radius 2 is 2.00 bits per heavy atom. The van der Waals surface area contributed by atoms with Crippen molar-refractivity contribution >= 4 is 0 Å². The van der Waals surface area contributed by atoms with E-state index < -0.39 is 6.43 Å². The Hall–Kier alpha value is -0.620. The van der Waals surface area contributed by atoms with Crippen molar-refractivity contribution in [3.8, 4) is 11.8 Å². The Balaban J connectivity index is 3.16. The van der Waals surface area contributed by atoms with Gasteiger partial charge in [0.05, 0.1) is 13.0 Å². The molecule has 0 amide bonds. The fraction of sp³-hybridized carbons (Fsp3) is 0.667. The summed E-state index contributed by atoms with van der Waals surface area (Å²) in [4.78, 5) is 0. The summed E-state index contributed by atoms with van der Waals surface area (Å²) in [5.41, 5.74) is 0. The van der Waals surface area contributed by atoms with Crippen molar-refractivity contribution in [3.63, 3.8) is 0 Å². The van der Waals surface area contributed by atoms with Crippen molar-refractivity contribution in [1.29, 1.82) is 0 Å². The van der Waals surface area contributed by atoms with Gasteiger partial charge in [0.25, 0.3) is 0 Å². The van der Waals surface area contributed by atoms with Crippen molar-refractivity contribution in [1.82, 2.24) is 0 Å². The maximum absolute atomic E-state index is 11.3. The minimum absolute atomic E-state index is 0.0593. The van der Waals surface area contributed by atoms with Crippen LogP contribution in [0.15, 0.2) is 0 Å². The highest BCUT2D eigenvalue weighted by atomic mass is 19.3. The van der Waals surface area contributed by atoms with Crippen LogP contribution in [-0.4, -0.2) is 18.1 Å². The zero-order chi connectivity index (χ0) is 7.11. The summed E-state index contributed by atoms with van der Waals surface area (Å²) in [6, 6.07) is 0. The van der Waals surface area contributed by atoms with E-state index in [4.69, 9.17) is 5.11 Å². The van der Waals surface area contributed by atoms with Crippen LogP contribution in [0.25, 0.3) is 0 Å². The van der Waals surface area contributed by atoms with E-state index in [0.717, 1.165) is 0 Å². The normalized spacial score (nSPS) is 8.89. The molecule has 1 N–H and O–H groups in total. The summed E-state index contributed by atoms with van der Waals surface area (Å²) < 4.78 is 22.6. The van der Waals surface area contributed by atoms with E-state index in [9.17, 15) is 8.78 Å². The molecule has 0 aliphatic carbocycles. The van der Waals surface area contributed by atoms with Gasteiger partial charge in [-0.3, -0.25) is 0 Å². The number of hydrogen-bond donors (Lipinski definition) is 1. The second kappa shape index (κ2) is 5.52. The van der Waals surface area contributed by atoms with E-state index >= 15 is 0 Å². The number of halogens is 2. The first kappa shape index (κ1) is 8.38. The van der Waals surface area contributed by atoms with Gasteiger partial charge in [-0.25, -0.2) is 8.78 Å². The van der Waals surface area contributed by atoms with E-state index in [1.165, 1.54) is 0 Å². The first-order valence-corrected chi connectivity index (χ1v) is 2.62. The van der Waals surface area contributed by atoms with Gasteiger partial charge in [0, 0.05) is 6.42 Å². The quantitative estimate of drug-likeness (QED) is 0.559. The fourth-order valence-corrected chi connectivity index (χ4v) is 0.294. The van der Waals surface area contributed by atoms with Crippen LogP contribution in [0.5, 0.6) is 0 Å². The van der Waals surface area contributed by atoms with E-state index in [2.05, 4.69) is 11.8 Å². The molecule has 0 heterocycles. The third kappa shape index (κ3) is 7.38. The lowest BCUT2D eigenvalue weighted by Gasteiger charge is -1.84. The minimum atomic E-state index is -2.35. The second-order valence-corrected chi connectivity index (χ2v) is 1.42. The molecule has 0 rings (SSSR count).